The van der Waals surface area contributed by atoms with Crippen LogP contribution in [-0.4, -0.2) is 47.3 Å². The van der Waals surface area contributed by atoms with Crippen molar-refractivity contribution in [3.63, 3.8) is 0 Å². The van der Waals surface area contributed by atoms with Gasteiger partial charge in [0.15, 0.2) is 0 Å². The number of H-pyrrole nitrogens is 1. The standard InChI is InChI=1S/C35H44N6O5S/c36-34-18-10-26(20-38-34)32(42)22-37-21-30-14-9-25-19-27(11-17-33(25)46-30)40-47(44,45)31-15-12-29(13-16-31)41-23-28(39-35(41)43)8-4-7-24-5-2-1-3-6-24/h10-13,15-20,23-24,30,32,37,40,42H,1-9,14,21-22H2,(H2,36,38)(H,39,43). The first-order chi connectivity index (χ1) is 22.7. The van der Waals surface area contributed by atoms with Crippen molar-refractivity contribution in [3.05, 3.63) is 94.3 Å². The summed E-state index contributed by atoms with van der Waals surface area (Å²) in [7, 11) is -3.85. The second-order valence-electron chi connectivity index (χ2n) is 12.7. The molecule has 4 aromatic rings. The number of rotatable bonds is 13. The molecule has 2 atom stereocenters. The van der Waals surface area contributed by atoms with Crippen LogP contribution in [0.15, 0.2) is 76.7 Å². The first kappa shape index (κ1) is 32.8. The van der Waals surface area contributed by atoms with Gasteiger partial charge in [0.05, 0.1) is 16.7 Å². The highest BCUT2D eigenvalue weighted by molar-refractivity contribution is 7.92. The fourth-order valence-electron chi connectivity index (χ4n) is 6.58. The molecule has 12 heteroatoms. The molecule has 6 N–H and O–H groups in total. The molecule has 1 fully saturated rings. The van der Waals surface area contributed by atoms with Crippen molar-refractivity contribution in [1.82, 2.24) is 19.9 Å². The molecule has 1 saturated carbocycles. The van der Waals surface area contributed by atoms with E-state index in [0.717, 1.165) is 42.9 Å². The van der Waals surface area contributed by atoms with E-state index < -0.39 is 16.1 Å². The number of aromatic amines is 1. The van der Waals surface area contributed by atoms with Crippen LogP contribution < -0.4 is 26.2 Å². The minimum Gasteiger partial charge on any atom is -0.489 e. The van der Waals surface area contributed by atoms with Crippen molar-refractivity contribution in [2.45, 2.75) is 81.3 Å². The number of aryl methyl sites for hydroxylation is 2. The summed E-state index contributed by atoms with van der Waals surface area (Å²) in [5, 5.41) is 13.6. The first-order valence-corrected chi connectivity index (χ1v) is 18.1. The maximum absolute atomic E-state index is 13.2. The van der Waals surface area contributed by atoms with Crippen LogP contribution in [0.2, 0.25) is 0 Å². The Morgan fingerprint density at radius 1 is 1.06 bits per heavy atom. The molecule has 1 aliphatic heterocycles. The number of hydrogen-bond donors (Lipinski definition) is 5. The van der Waals surface area contributed by atoms with E-state index in [-0.39, 0.29) is 16.7 Å². The molecule has 1 aliphatic carbocycles. The predicted octanol–water partition coefficient (Wildman–Crippen LogP) is 4.86. The number of nitrogen functional groups attached to an aromatic ring is 1. The lowest BCUT2D eigenvalue weighted by Crippen LogP contribution is -2.36. The molecular weight excluding hydrogens is 616 g/mol. The molecule has 47 heavy (non-hydrogen) atoms. The minimum atomic E-state index is -3.85. The van der Waals surface area contributed by atoms with E-state index in [4.69, 9.17) is 10.5 Å². The molecule has 11 nitrogen and oxygen atoms in total. The number of nitrogens with zero attached hydrogens (tertiary/aromatic N) is 2. The van der Waals surface area contributed by atoms with Gasteiger partial charge in [-0.05, 0) is 85.7 Å². The topological polar surface area (TPSA) is 164 Å². The third kappa shape index (κ3) is 8.43. The van der Waals surface area contributed by atoms with Crippen LogP contribution in [0.3, 0.4) is 0 Å². The van der Waals surface area contributed by atoms with Crippen LogP contribution in [0.4, 0.5) is 11.5 Å². The van der Waals surface area contributed by atoms with Gasteiger partial charge >= 0.3 is 5.69 Å². The third-order valence-electron chi connectivity index (χ3n) is 9.23. The fraction of sp³-hybridized carbons (Fsp3) is 0.429. The normalized spacial score (nSPS) is 17.5. The summed E-state index contributed by atoms with van der Waals surface area (Å²) in [6, 6.07) is 15.0. The first-order valence-electron chi connectivity index (χ1n) is 16.6. The second-order valence-corrected chi connectivity index (χ2v) is 14.4. The van der Waals surface area contributed by atoms with Gasteiger partial charge in [-0.2, -0.15) is 0 Å². The van der Waals surface area contributed by atoms with Crippen LogP contribution in [0, 0.1) is 5.92 Å². The summed E-state index contributed by atoms with van der Waals surface area (Å²) in [6.07, 6.45) is 13.8. The molecule has 0 amide bonds. The lowest BCUT2D eigenvalue weighted by Gasteiger charge is -2.27. The summed E-state index contributed by atoms with van der Waals surface area (Å²) in [5.74, 6) is 1.93. The molecule has 0 saturated heterocycles. The Morgan fingerprint density at radius 2 is 1.87 bits per heavy atom. The lowest BCUT2D eigenvalue weighted by atomic mass is 9.86. The SMILES string of the molecule is Nc1ccc(C(O)CNCC2CCc3cc(NS(=O)(=O)c4ccc(-n5cc(CCCC6CCCCC6)[nH]c5=O)cc4)ccc3O2)cn1. The van der Waals surface area contributed by atoms with E-state index in [2.05, 4.69) is 20.0 Å². The van der Waals surface area contributed by atoms with Crippen molar-refractivity contribution in [1.29, 1.82) is 0 Å². The maximum atomic E-state index is 13.2. The van der Waals surface area contributed by atoms with E-state index >= 15 is 0 Å². The number of aromatic nitrogens is 3. The number of ether oxygens (including phenoxy) is 1. The van der Waals surface area contributed by atoms with Crippen molar-refractivity contribution < 1.29 is 18.3 Å². The largest absolute Gasteiger partial charge is 0.489 e. The molecule has 0 spiro atoms. The highest BCUT2D eigenvalue weighted by Gasteiger charge is 2.22. The molecule has 2 aliphatic rings. The number of fused-ring (bicyclic) bond motifs is 1. The summed E-state index contributed by atoms with van der Waals surface area (Å²) in [5.41, 5.74) is 8.95. The zero-order valence-electron chi connectivity index (χ0n) is 26.5. The van der Waals surface area contributed by atoms with E-state index in [9.17, 15) is 18.3 Å². The zero-order chi connectivity index (χ0) is 32.8. The number of benzene rings is 2. The van der Waals surface area contributed by atoms with Gasteiger partial charge in [-0.1, -0.05) is 44.6 Å². The smallest absolute Gasteiger partial charge is 0.330 e. The predicted molar refractivity (Wildman–Crippen MR) is 182 cm³/mol. The number of sulfonamides is 1. The number of anilines is 2. The molecule has 2 aromatic carbocycles. The summed E-state index contributed by atoms with van der Waals surface area (Å²) >= 11 is 0. The van der Waals surface area contributed by atoms with Gasteiger partial charge in [-0.3, -0.25) is 9.29 Å². The van der Waals surface area contributed by atoms with Crippen molar-refractivity contribution >= 4 is 21.5 Å². The van der Waals surface area contributed by atoms with Crippen LogP contribution >= 0.6 is 0 Å². The molecule has 0 bridgehead atoms. The van der Waals surface area contributed by atoms with E-state index in [0.29, 0.717) is 41.6 Å². The number of pyridine rings is 1. The average Bonchev–Trinajstić information content (AvgIpc) is 3.45. The van der Waals surface area contributed by atoms with E-state index in [1.807, 2.05) is 6.20 Å². The monoisotopic (exact) mass is 660 g/mol. The Labute approximate surface area is 275 Å². The van der Waals surface area contributed by atoms with Crippen LogP contribution in [0.25, 0.3) is 5.69 Å². The molecule has 3 heterocycles. The van der Waals surface area contributed by atoms with Gasteiger partial charge in [-0.15, -0.1) is 0 Å². The van der Waals surface area contributed by atoms with Gasteiger partial charge < -0.3 is 25.9 Å². The Bertz CT molecular complexity index is 1800. The Balaban J connectivity index is 1.00. The Kier molecular flexibility index (Phi) is 10.3. The van der Waals surface area contributed by atoms with Gasteiger partial charge in [0.2, 0.25) is 0 Å². The Hall–Kier alpha value is -4.13. The fourth-order valence-corrected chi connectivity index (χ4v) is 7.63. The number of hydrogen-bond acceptors (Lipinski definition) is 8. The molecule has 250 valence electrons. The van der Waals surface area contributed by atoms with Crippen LogP contribution in [0.5, 0.6) is 5.75 Å². The number of aliphatic hydroxyl groups excluding tert-OH is 1. The quantitative estimate of drug-likeness (QED) is 0.136. The molecule has 6 rings (SSSR count). The zero-order valence-corrected chi connectivity index (χ0v) is 27.3. The molecular formula is C35H44N6O5S. The van der Waals surface area contributed by atoms with Crippen LogP contribution in [-0.2, 0) is 22.9 Å². The average molecular weight is 661 g/mol. The van der Waals surface area contributed by atoms with Gasteiger partial charge in [0, 0.05) is 42.4 Å². The number of nitrogens with one attached hydrogen (secondary N) is 3. The minimum absolute atomic E-state index is 0.0783. The van der Waals surface area contributed by atoms with Gasteiger partial charge in [0.1, 0.15) is 17.7 Å². The molecule has 2 aromatic heterocycles. The molecule has 2 unspecified atom stereocenters. The van der Waals surface area contributed by atoms with Crippen molar-refractivity contribution in [2.24, 2.45) is 5.92 Å². The number of aliphatic hydroxyl groups is 1. The lowest BCUT2D eigenvalue weighted by molar-refractivity contribution is 0.146. The van der Waals surface area contributed by atoms with Crippen molar-refractivity contribution in [3.8, 4) is 11.4 Å². The number of nitrogens with two attached hydrogens (primary N) is 1. The van der Waals surface area contributed by atoms with E-state index in [1.54, 1.807) is 48.7 Å². The highest BCUT2D eigenvalue weighted by Crippen LogP contribution is 2.31. The van der Waals surface area contributed by atoms with Crippen molar-refractivity contribution in [2.75, 3.05) is 23.5 Å². The summed E-state index contributed by atoms with van der Waals surface area (Å²) < 4.78 is 36.8. The van der Waals surface area contributed by atoms with Gasteiger partial charge in [-0.25, -0.2) is 18.2 Å². The summed E-state index contributed by atoms with van der Waals surface area (Å²) in [4.78, 5) is 19.7. The van der Waals surface area contributed by atoms with Gasteiger partial charge in [0.25, 0.3) is 10.0 Å². The molecule has 0 radical (unpaired) electrons. The number of imidazole rings is 1. The second kappa shape index (κ2) is 14.7. The summed E-state index contributed by atoms with van der Waals surface area (Å²) in [6.45, 7) is 0.906. The maximum Gasteiger partial charge on any atom is 0.330 e. The highest BCUT2D eigenvalue weighted by atomic mass is 32.2. The van der Waals surface area contributed by atoms with Crippen LogP contribution in [0.1, 0.15) is 74.3 Å². The Morgan fingerprint density at radius 3 is 2.64 bits per heavy atom. The third-order valence-corrected chi connectivity index (χ3v) is 10.6. The van der Waals surface area contributed by atoms with E-state index in [1.165, 1.54) is 55.2 Å².